The fourth-order valence-electron chi connectivity index (χ4n) is 1.92. The van der Waals surface area contributed by atoms with Gasteiger partial charge in [0, 0.05) is 26.3 Å². The van der Waals surface area contributed by atoms with Crippen LogP contribution in [0.3, 0.4) is 0 Å². The van der Waals surface area contributed by atoms with E-state index in [9.17, 15) is 8.78 Å². The van der Waals surface area contributed by atoms with Crippen molar-refractivity contribution < 1.29 is 18.3 Å². The van der Waals surface area contributed by atoms with Gasteiger partial charge in [0.25, 0.3) is 0 Å². The van der Waals surface area contributed by atoms with E-state index in [0.29, 0.717) is 31.2 Å². The standard InChI is InChI=1S/C15H21F2NO2/c1-19-6-2-3-7-20-15-13(16)8-11(9-14(15)17)10-18-12-4-5-12/h8-9,12,18H,2-7,10H2,1H3. The van der Waals surface area contributed by atoms with Gasteiger partial charge in [0.05, 0.1) is 6.61 Å². The van der Waals surface area contributed by atoms with Gasteiger partial charge in [0.1, 0.15) is 0 Å². The van der Waals surface area contributed by atoms with Gasteiger partial charge in [0.15, 0.2) is 17.4 Å². The molecule has 1 N–H and O–H groups in total. The van der Waals surface area contributed by atoms with E-state index >= 15 is 0 Å². The molecule has 3 nitrogen and oxygen atoms in total. The topological polar surface area (TPSA) is 30.5 Å². The Bertz CT molecular complexity index is 413. The molecule has 5 heteroatoms. The third-order valence-corrected chi connectivity index (χ3v) is 3.22. The minimum absolute atomic E-state index is 0.280. The van der Waals surface area contributed by atoms with Gasteiger partial charge in [-0.3, -0.25) is 0 Å². The quantitative estimate of drug-likeness (QED) is 0.707. The fraction of sp³-hybridized carbons (Fsp3) is 0.600. The van der Waals surface area contributed by atoms with Gasteiger partial charge in [-0.15, -0.1) is 0 Å². The van der Waals surface area contributed by atoms with Crippen molar-refractivity contribution in [2.24, 2.45) is 0 Å². The summed E-state index contributed by atoms with van der Waals surface area (Å²) in [6.07, 6.45) is 3.81. The Labute approximate surface area is 118 Å². The van der Waals surface area contributed by atoms with E-state index in [4.69, 9.17) is 9.47 Å². The van der Waals surface area contributed by atoms with Crippen LogP contribution in [-0.4, -0.2) is 26.4 Å². The minimum atomic E-state index is -0.635. The largest absolute Gasteiger partial charge is 0.488 e. The van der Waals surface area contributed by atoms with Crippen LogP contribution >= 0.6 is 0 Å². The lowest BCUT2D eigenvalue weighted by molar-refractivity contribution is 0.182. The van der Waals surface area contributed by atoms with E-state index in [1.807, 2.05) is 0 Å². The number of nitrogens with one attached hydrogen (secondary N) is 1. The first-order valence-corrected chi connectivity index (χ1v) is 7.03. The van der Waals surface area contributed by atoms with E-state index in [-0.39, 0.29) is 12.4 Å². The molecule has 0 atom stereocenters. The van der Waals surface area contributed by atoms with Crippen LogP contribution in [0.4, 0.5) is 8.78 Å². The van der Waals surface area contributed by atoms with E-state index in [2.05, 4.69) is 5.32 Å². The number of halogens is 2. The van der Waals surface area contributed by atoms with Crippen molar-refractivity contribution in [3.05, 3.63) is 29.3 Å². The number of benzene rings is 1. The first-order valence-electron chi connectivity index (χ1n) is 7.03. The third-order valence-electron chi connectivity index (χ3n) is 3.22. The normalized spacial score (nSPS) is 14.6. The van der Waals surface area contributed by atoms with Crippen molar-refractivity contribution >= 4 is 0 Å². The van der Waals surface area contributed by atoms with Crippen molar-refractivity contribution in [1.29, 1.82) is 0 Å². The summed E-state index contributed by atoms with van der Waals surface area (Å²) < 4.78 is 37.7. The zero-order valence-corrected chi connectivity index (χ0v) is 11.8. The average molecular weight is 285 g/mol. The van der Waals surface area contributed by atoms with E-state index < -0.39 is 11.6 Å². The summed E-state index contributed by atoms with van der Waals surface area (Å²) in [4.78, 5) is 0. The van der Waals surface area contributed by atoms with Crippen molar-refractivity contribution in [2.75, 3.05) is 20.3 Å². The lowest BCUT2D eigenvalue weighted by Crippen LogP contribution is -2.15. The van der Waals surface area contributed by atoms with Gasteiger partial charge >= 0.3 is 0 Å². The molecule has 112 valence electrons. The summed E-state index contributed by atoms with van der Waals surface area (Å²) in [7, 11) is 1.62. The molecule has 0 saturated heterocycles. The highest BCUT2D eigenvalue weighted by Crippen LogP contribution is 2.25. The van der Waals surface area contributed by atoms with Crippen LogP contribution in [-0.2, 0) is 11.3 Å². The fourth-order valence-corrected chi connectivity index (χ4v) is 1.92. The van der Waals surface area contributed by atoms with Crippen LogP contribution in [0.1, 0.15) is 31.2 Å². The SMILES string of the molecule is COCCCCOc1c(F)cc(CNC2CC2)cc1F. The van der Waals surface area contributed by atoms with Gasteiger partial charge in [-0.2, -0.15) is 0 Å². The van der Waals surface area contributed by atoms with Crippen LogP contribution in [0, 0.1) is 11.6 Å². The molecule has 0 amide bonds. The lowest BCUT2D eigenvalue weighted by Gasteiger charge is -2.10. The monoisotopic (exact) mass is 285 g/mol. The Morgan fingerprint density at radius 2 is 1.80 bits per heavy atom. The average Bonchev–Trinajstić information content (AvgIpc) is 3.23. The van der Waals surface area contributed by atoms with E-state index in [1.165, 1.54) is 12.1 Å². The van der Waals surface area contributed by atoms with Crippen molar-refractivity contribution in [2.45, 2.75) is 38.3 Å². The molecule has 0 bridgehead atoms. The second-order valence-corrected chi connectivity index (χ2v) is 5.09. The molecule has 0 radical (unpaired) electrons. The molecule has 0 unspecified atom stereocenters. The maximum atomic E-state index is 13.8. The molecule has 1 aliphatic carbocycles. The number of hydrogen-bond donors (Lipinski definition) is 1. The van der Waals surface area contributed by atoms with Gasteiger partial charge in [-0.05, 0) is 43.4 Å². The van der Waals surface area contributed by atoms with E-state index in [1.54, 1.807) is 7.11 Å². The van der Waals surface area contributed by atoms with Crippen molar-refractivity contribution in [3.63, 3.8) is 0 Å². The van der Waals surface area contributed by atoms with Crippen LogP contribution < -0.4 is 10.1 Å². The second kappa shape index (κ2) is 7.55. The number of hydrogen-bond acceptors (Lipinski definition) is 3. The summed E-state index contributed by atoms with van der Waals surface area (Å²) in [6, 6.07) is 3.18. The molecule has 1 aliphatic rings. The van der Waals surface area contributed by atoms with Crippen molar-refractivity contribution in [3.8, 4) is 5.75 Å². The molecule has 1 fully saturated rings. The molecule has 1 aromatic carbocycles. The first-order chi connectivity index (χ1) is 9.70. The van der Waals surface area contributed by atoms with Crippen LogP contribution in [0.2, 0.25) is 0 Å². The summed E-state index contributed by atoms with van der Waals surface area (Å²) in [6.45, 7) is 1.41. The Morgan fingerprint density at radius 1 is 1.15 bits per heavy atom. The predicted octanol–water partition coefficient (Wildman–Crippen LogP) is 3.02. The number of ether oxygens (including phenoxy) is 2. The molecule has 20 heavy (non-hydrogen) atoms. The smallest absolute Gasteiger partial charge is 0.190 e. The van der Waals surface area contributed by atoms with Gasteiger partial charge in [0.2, 0.25) is 0 Å². The number of unbranched alkanes of at least 4 members (excludes halogenated alkanes) is 1. The Morgan fingerprint density at radius 3 is 2.40 bits per heavy atom. The third kappa shape index (κ3) is 4.72. The lowest BCUT2D eigenvalue weighted by atomic mass is 10.2. The highest BCUT2D eigenvalue weighted by atomic mass is 19.1. The van der Waals surface area contributed by atoms with E-state index in [0.717, 1.165) is 19.3 Å². The minimum Gasteiger partial charge on any atom is -0.488 e. The molecule has 0 aliphatic heterocycles. The Balaban J connectivity index is 1.84. The van der Waals surface area contributed by atoms with Gasteiger partial charge in [-0.25, -0.2) is 8.78 Å². The van der Waals surface area contributed by atoms with Gasteiger partial charge < -0.3 is 14.8 Å². The number of methoxy groups -OCH3 is 1. The molecule has 1 aromatic rings. The zero-order valence-electron chi connectivity index (χ0n) is 11.8. The molecule has 1 saturated carbocycles. The van der Waals surface area contributed by atoms with Gasteiger partial charge in [-0.1, -0.05) is 0 Å². The summed E-state index contributed by atoms with van der Waals surface area (Å²) in [5.41, 5.74) is 0.610. The molecular weight excluding hydrogens is 264 g/mol. The maximum Gasteiger partial charge on any atom is 0.190 e. The highest BCUT2D eigenvalue weighted by Gasteiger charge is 2.20. The summed E-state index contributed by atoms with van der Waals surface area (Å²) in [5.74, 6) is -1.55. The van der Waals surface area contributed by atoms with Crippen LogP contribution in [0.5, 0.6) is 5.75 Å². The highest BCUT2D eigenvalue weighted by molar-refractivity contribution is 5.31. The molecular formula is C15H21F2NO2. The Hall–Kier alpha value is -1.20. The van der Waals surface area contributed by atoms with Crippen LogP contribution in [0.15, 0.2) is 12.1 Å². The predicted molar refractivity (Wildman–Crippen MR) is 72.8 cm³/mol. The second-order valence-electron chi connectivity index (χ2n) is 5.09. The summed E-state index contributed by atoms with van der Waals surface area (Å²) in [5, 5.41) is 3.23. The Kier molecular flexibility index (Phi) is 5.73. The zero-order chi connectivity index (χ0) is 14.4. The maximum absolute atomic E-state index is 13.8. The molecule has 0 spiro atoms. The van der Waals surface area contributed by atoms with Crippen LogP contribution in [0.25, 0.3) is 0 Å². The molecule has 0 aromatic heterocycles. The number of rotatable bonds is 9. The summed E-state index contributed by atoms with van der Waals surface area (Å²) >= 11 is 0. The molecule has 0 heterocycles. The molecule has 2 rings (SSSR count). The van der Waals surface area contributed by atoms with Crippen molar-refractivity contribution in [1.82, 2.24) is 5.32 Å². The first kappa shape index (κ1) is 15.2.